The second-order valence-corrected chi connectivity index (χ2v) is 13.2. The monoisotopic (exact) mass is 563 g/mol. The number of anilines is 2. The topological polar surface area (TPSA) is 142 Å². The van der Waals surface area contributed by atoms with Crippen LogP contribution in [0.15, 0.2) is 40.4 Å². The number of carboxylic acids is 1. The van der Waals surface area contributed by atoms with Crippen LogP contribution in [0.4, 0.5) is 17.1 Å². The SMILES string of the molecule is CN(C)c1ccc(N=C2C(C(C)(C)C)=Nn3nc(-c4cc(NS(C)(=O)=O)cc(C(=O)O)c4)nc32)c2c1CCCC2. The number of aromatic carboxylic acids is 1. The number of carboxylic acid groups (broad SMARTS) is 1. The molecule has 0 amide bonds. The second kappa shape index (κ2) is 9.84. The van der Waals surface area contributed by atoms with Crippen molar-refractivity contribution >= 4 is 44.5 Å². The van der Waals surface area contributed by atoms with Gasteiger partial charge < -0.3 is 10.0 Å². The first-order chi connectivity index (χ1) is 18.7. The molecule has 0 unspecified atom stereocenters. The van der Waals surface area contributed by atoms with Crippen molar-refractivity contribution in [3.05, 3.63) is 52.8 Å². The Kier molecular flexibility index (Phi) is 6.77. The molecule has 2 heterocycles. The summed E-state index contributed by atoms with van der Waals surface area (Å²) in [6.45, 7) is 6.16. The Hall–Kier alpha value is -4.06. The normalized spacial score (nSPS) is 15.9. The Morgan fingerprint density at radius 3 is 2.42 bits per heavy atom. The van der Waals surface area contributed by atoms with Crippen LogP contribution in [0.3, 0.4) is 0 Å². The molecule has 12 heteroatoms. The van der Waals surface area contributed by atoms with Crippen molar-refractivity contribution in [2.24, 2.45) is 15.5 Å². The van der Waals surface area contributed by atoms with E-state index in [1.807, 2.05) is 6.07 Å². The largest absolute Gasteiger partial charge is 0.478 e. The summed E-state index contributed by atoms with van der Waals surface area (Å²) in [4.78, 5) is 25.2. The summed E-state index contributed by atoms with van der Waals surface area (Å²) in [5.74, 6) is -0.546. The van der Waals surface area contributed by atoms with Crippen molar-refractivity contribution in [1.82, 2.24) is 14.9 Å². The first-order valence-corrected chi connectivity index (χ1v) is 14.9. The summed E-state index contributed by atoms with van der Waals surface area (Å²) >= 11 is 0. The van der Waals surface area contributed by atoms with E-state index in [9.17, 15) is 18.3 Å². The minimum Gasteiger partial charge on any atom is -0.478 e. The van der Waals surface area contributed by atoms with E-state index in [1.54, 1.807) is 0 Å². The summed E-state index contributed by atoms with van der Waals surface area (Å²) in [6, 6.07) is 8.31. The fraction of sp³-hybridized carbons (Fsp3) is 0.393. The Balaban J connectivity index is 1.65. The van der Waals surface area contributed by atoms with Gasteiger partial charge in [-0.25, -0.2) is 23.2 Å². The highest BCUT2D eigenvalue weighted by atomic mass is 32.2. The van der Waals surface area contributed by atoms with E-state index < -0.39 is 16.0 Å². The number of hydrogen-bond acceptors (Lipinski definition) is 8. The van der Waals surface area contributed by atoms with Gasteiger partial charge in [0.1, 0.15) is 5.71 Å². The van der Waals surface area contributed by atoms with Crippen molar-refractivity contribution in [2.45, 2.75) is 46.5 Å². The lowest BCUT2D eigenvalue weighted by molar-refractivity contribution is 0.0697. The minimum absolute atomic E-state index is 0.0982. The van der Waals surface area contributed by atoms with Crippen molar-refractivity contribution in [1.29, 1.82) is 0 Å². The van der Waals surface area contributed by atoms with Gasteiger partial charge in [-0.2, -0.15) is 5.10 Å². The van der Waals surface area contributed by atoms with Crippen molar-refractivity contribution < 1.29 is 18.3 Å². The molecule has 2 N–H and O–H groups in total. The average molecular weight is 564 g/mol. The van der Waals surface area contributed by atoms with E-state index in [1.165, 1.54) is 39.8 Å². The summed E-state index contributed by atoms with van der Waals surface area (Å²) in [5.41, 5.74) is 6.01. The van der Waals surface area contributed by atoms with Gasteiger partial charge in [0.05, 0.1) is 28.9 Å². The summed E-state index contributed by atoms with van der Waals surface area (Å²) in [7, 11) is 0.475. The molecule has 1 aliphatic heterocycles. The molecule has 0 bridgehead atoms. The van der Waals surface area contributed by atoms with Gasteiger partial charge in [-0.3, -0.25) is 4.72 Å². The van der Waals surface area contributed by atoms with Crippen LogP contribution in [0.25, 0.3) is 11.4 Å². The molecular weight excluding hydrogens is 530 g/mol. The van der Waals surface area contributed by atoms with Crippen LogP contribution < -0.4 is 9.62 Å². The Morgan fingerprint density at radius 1 is 1.10 bits per heavy atom. The summed E-state index contributed by atoms with van der Waals surface area (Å²) < 4.78 is 26.0. The average Bonchev–Trinajstić information content (AvgIpc) is 3.42. The maximum Gasteiger partial charge on any atom is 0.335 e. The zero-order valence-electron chi connectivity index (χ0n) is 23.5. The zero-order valence-corrected chi connectivity index (χ0v) is 24.3. The third-order valence-electron chi connectivity index (χ3n) is 6.87. The van der Waals surface area contributed by atoms with E-state index >= 15 is 0 Å². The lowest BCUT2D eigenvalue weighted by atomic mass is 9.86. The molecule has 1 aliphatic carbocycles. The van der Waals surface area contributed by atoms with Gasteiger partial charge in [0, 0.05) is 30.8 Å². The molecule has 3 aromatic rings. The van der Waals surface area contributed by atoms with E-state index in [-0.39, 0.29) is 22.5 Å². The number of sulfonamides is 1. The molecule has 0 fully saturated rings. The number of nitrogens with zero attached hydrogens (tertiary/aromatic N) is 6. The summed E-state index contributed by atoms with van der Waals surface area (Å²) in [6.07, 6.45) is 5.20. The molecule has 2 aliphatic rings. The highest BCUT2D eigenvalue weighted by molar-refractivity contribution is 7.92. The fourth-order valence-corrected chi connectivity index (χ4v) is 5.67. The third kappa shape index (κ3) is 5.35. The molecule has 210 valence electrons. The number of carbonyl (C=O) groups is 1. The van der Waals surface area contributed by atoms with E-state index in [0.29, 0.717) is 17.1 Å². The number of benzene rings is 2. The number of aliphatic imine (C=N–C) groups is 1. The minimum atomic E-state index is -3.63. The zero-order chi connectivity index (χ0) is 29.0. The van der Waals surface area contributed by atoms with Crippen LogP contribution in [0.2, 0.25) is 0 Å². The molecule has 0 spiro atoms. The maximum absolute atomic E-state index is 11.8. The molecule has 0 saturated heterocycles. The Labute approximate surface area is 233 Å². The maximum atomic E-state index is 11.8. The Bertz CT molecular complexity index is 1700. The Morgan fingerprint density at radius 2 is 1.80 bits per heavy atom. The molecule has 40 heavy (non-hydrogen) atoms. The van der Waals surface area contributed by atoms with Crippen LogP contribution in [0.1, 0.15) is 60.9 Å². The molecule has 2 aromatic carbocycles. The molecule has 11 nitrogen and oxygen atoms in total. The predicted molar refractivity (Wildman–Crippen MR) is 157 cm³/mol. The predicted octanol–water partition coefficient (Wildman–Crippen LogP) is 4.34. The van der Waals surface area contributed by atoms with Gasteiger partial charge in [0.25, 0.3) is 0 Å². The fourth-order valence-electron chi connectivity index (χ4n) is 5.13. The smallest absolute Gasteiger partial charge is 0.335 e. The van der Waals surface area contributed by atoms with Crippen LogP contribution in [0.5, 0.6) is 0 Å². The number of rotatable bonds is 6. The first kappa shape index (κ1) is 27.5. The van der Waals surface area contributed by atoms with Gasteiger partial charge in [-0.1, -0.05) is 20.8 Å². The second-order valence-electron chi connectivity index (χ2n) is 11.4. The number of aromatic nitrogens is 3. The van der Waals surface area contributed by atoms with Crippen LogP contribution >= 0.6 is 0 Å². The highest BCUT2D eigenvalue weighted by Crippen LogP contribution is 2.37. The van der Waals surface area contributed by atoms with Crippen LogP contribution in [-0.2, 0) is 22.9 Å². The molecule has 0 atom stereocenters. The van der Waals surface area contributed by atoms with E-state index in [4.69, 9.17) is 15.1 Å². The van der Waals surface area contributed by atoms with Crippen molar-refractivity contribution in [2.75, 3.05) is 30.0 Å². The number of nitrogens with one attached hydrogen (secondary N) is 1. The molecular formula is C28H33N7O4S. The number of fused-ring (bicyclic) bond motifs is 2. The quantitative estimate of drug-likeness (QED) is 0.454. The molecule has 0 radical (unpaired) electrons. The van der Waals surface area contributed by atoms with Crippen molar-refractivity contribution in [3.8, 4) is 11.4 Å². The van der Waals surface area contributed by atoms with Crippen LogP contribution in [-0.4, -0.2) is 66.1 Å². The van der Waals surface area contributed by atoms with Gasteiger partial charge in [0.15, 0.2) is 5.82 Å². The molecule has 0 saturated carbocycles. The number of hydrogen-bond donors (Lipinski definition) is 2. The van der Waals surface area contributed by atoms with Crippen molar-refractivity contribution in [3.63, 3.8) is 0 Å². The highest BCUT2D eigenvalue weighted by Gasteiger charge is 2.35. The van der Waals surface area contributed by atoms with Gasteiger partial charge in [0.2, 0.25) is 15.8 Å². The lowest BCUT2D eigenvalue weighted by Crippen LogP contribution is -2.27. The lowest BCUT2D eigenvalue weighted by Gasteiger charge is -2.25. The summed E-state index contributed by atoms with van der Waals surface area (Å²) in [5, 5.41) is 18.9. The standard InChI is InChI=1S/C28H33N7O4S/c1-28(2,3)24-23(29-21-11-12-22(34(4)5)20-10-8-7-9-19(20)21)26-30-25(32-35(26)31-24)16-13-17(27(36)37)15-18(14-16)33-40(6,38)39/h11-15,33H,7-10H2,1-6H3,(H,36,37). The molecule has 1 aromatic heterocycles. The van der Waals surface area contributed by atoms with Gasteiger partial charge in [-0.15, -0.1) is 9.89 Å². The van der Waals surface area contributed by atoms with Gasteiger partial charge in [-0.05, 0) is 67.1 Å². The van der Waals surface area contributed by atoms with Crippen LogP contribution in [0, 0.1) is 5.41 Å². The molecule has 5 rings (SSSR count). The van der Waals surface area contributed by atoms with E-state index in [0.717, 1.165) is 43.3 Å². The van der Waals surface area contributed by atoms with Gasteiger partial charge >= 0.3 is 5.97 Å². The third-order valence-corrected chi connectivity index (χ3v) is 7.48. The van der Waals surface area contributed by atoms with E-state index in [2.05, 4.69) is 55.7 Å². The first-order valence-electron chi connectivity index (χ1n) is 13.1.